The van der Waals surface area contributed by atoms with Crippen LogP contribution < -0.4 is 11.1 Å². The van der Waals surface area contributed by atoms with Gasteiger partial charge in [-0.3, -0.25) is 9.78 Å². The molecule has 4 heterocycles. The standard InChI is InChI=1S/C24H33N5O4S/c25-11-2-1-7-20-23(8-4-12-26-20)34(31,32)29-18-5-3-6-19(29)14-17(13-18)27-24(30)21-15-22(33-28-21)16-9-10-16/h4,8,12,15-19H,1-3,5-7,9-11,13-14,25H2,(H,27,30)/t17?,18-,19+. The zero-order valence-electron chi connectivity index (χ0n) is 19.4. The van der Waals surface area contributed by atoms with Crippen molar-refractivity contribution < 1.29 is 17.7 Å². The Morgan fingerprint density at radius 1 is 1.18 bits per heavy atom. The molecule has 5 rings (SSSR count). The van der Waals surface area contributed by atoms with Crippen LogP contribution in [0.2, 0.25) is 0 Å². The first-order chi connectivity index (χ1) is 16.5. The third-order valence-electron chi connectivity index (χ3n) is 7.26. The third-order valence-corrected chi connectivity index (χ3v) is 9.33. The number of hydrogen-bond acceptors (Lipinski definition) is 7. The number of aryl methyl sites for hydroxylation is 1. The Labute approximate surface area is 200 Å². The monoisotopic (exact) mass is 487 g/mol. The first-order valence-corrected chi connectivity index (χ1v) is 13.9. The summed E-state index contributed by atoms with van der Waals surface area (Å²) in [5.41, 5.74) is 6.53. The Morgan fingerprint density at radius 3 is 2.65 bits per heavy atom. The van der Waals surface area contributed by atoms with Crippen LogP contribution in [0, 0.1) is 0 Å². The summed E-state index contributed by atoms with van der Waals surface area (Å²) < 4.78 is 34.7. The molecule has 10 heteroatoms. The van der Waals surface area contributed by atoms with E-state index in [0.29, 0.717) is 48.0 Å². The molecule has 3 aliphatic rings. The molecule has 2 saturated heterocycles. The van der Waals surface area contributed by atoms with Gasteiger partial charge in [0, 0.05) is 36.3 Å². The quantitative estimate of drug-likeness (QED) is 0.520. The van der Waals surface area contributed by atoms with Crippen molar-refractivity contribution in [3.63, 3.8) is 0 Å². The van der Waals surface area contributed by atoms with Crippen molar-refractivity contribution in [2.24, 2.45) is 5.73 Å². The number of carbonyl (C=O) groups is 1. The summed E-state index contributed by atoms with van der Waals surface area (Å²) in [6.45, 7) is 0.578. The molecule has 3 atom stereocenters. The minimum atomic E-state index is -3.69. The molecule has 9 nitrogen and oxygen atoms in total. The van der Waals surface area contributed by atoms with E-state index in [9.17, 15) is 13.2 Å². The number of pyridine rings is 1. The molecule has 0 spiro atoms. The number of aromatic nitrogens is 2. The van der Waals surface area contributed by atoms with Crippen LogP contribution in [-0.4, -0.2) is 53.4 Å². The van der Waals surface area contributed by atoms with Gasteiger partial charge in [0.2, 0.25) is 10.0 Å². The molecule has 2 aromatic rings. The zero-order chi connectivity index (χ0) is 23.7. The van der Waals surface area contributed by atoms with Crippen LogP contribution in [-0.2, 0) is 16.4 Å². The fourth-order valence-electron chi connectivity index (χ4n) is 5.46. The highest BCUT2D eigenvalue weighted by Gasteiger charge is 2.46. The van der Waals surface area contributed by atoms with E-state index in [0.717, 1.165) is 50.7 Å². The predicted molar refractivity (Wildman–Crippen MR) is 126 cm³/mol. The number of amides is 1. The van der Waals surface area contributed by atoms with Crippen LogP contribution in [0.4, 0.5) is 0 Å². The molecule has 3 N–H and O–H groups in total. The van der Waals surface area contributed by atoms with E-state index in [2.05, 4.69) is 15.5 Å². The second-order valence-corrected chi connectivity index (χ2v) is 11.6. The van der Waals surface area contributed by atoms with Crippen molar-refractivity contribution in [2.75, 3.05) is 6.54 Å². The van der Waals surface area contributed by atoms with Crippen molar-refractivity contribution in [1.29, 1.82) is 0 Å². The number of sulfonamides is 1. The Morgan fingerprint density at radius 2 is 1.94 bits per heavy atom. The molecule has 0 aromatic carbocycles. The summed E-state index contributed by atoms with van der Waals surface area (Å²) >= 11 is 0. The van der Waals surface area contributed by atoms with Gasteiger partial charge in [-0.25, -0.2) is 8.42 Å². The van der Waals surface area contributed by atoms with Gasteiger partial charge in [-0.2, -0.15) is 4.31 Å². The van der Waals surface area contributed by atoms with Crippen LogP contribution in [0.25, 0.3) is 0 Å². The Kier molecular flexibility index (Phi) is 6.72. The highest BCUT2D eigenvalue weighted by Crippen LogP contribution is 2.41. The first kappa shape index (κ1) is 23.4. The van der Waals surface area contributed by atoms with E-state index in [1.807, 2.05) is 0 Å². The first-order valence-electron chi connectivity index (χ1n) is 12.4. The van der Waals surface area contributed by atoms with E-state index in [-0.39, 0.29) is 24.0 Å². The molecule has 2 aliphatic heterocycles. The van der Waals surface area contributed by atoms with Gasteiger partial charge in [-0.1, -0.05) is 11.6 Å². The number of fused-ring (bicyclic) bond motifs is 2. The summed E-state index contributed by atoms with van der Waals surface area (Å²) in [5.74, 6) is 0.931. The lowest BCUT2D eigenvalue weighted by molar-refractivity contribution is 0.0789. The van der Waals surface area contributed by atoms with E-state index in [1.165, 1.54) is 0 Å². The number of rotatable bonds is 9. The average molecular weight is 488 g/mol. The topological polar surface area (TPSA) is 131 Å². The number of piperidine rings is 2. The molecule has 34 heavy (non-hydrogen) atoms. The predicted octanol–water partition coefficient (Wildman–Crippen LogP) is 2.73. The second kappa shape index (κ2) is 9.75. The average Bonchev–Trinajstić information content (AvgIpc) is 3.55. The van der Waals surface area contributed by atoms with Crippen molar-refractivity contribution in [2.45, 2.75) is 93.1 Å². The normalized spacial score (nSPS) is 25.3. The Balaban J connectivity index is 1.30. The lowest BCUT2D eigenvalue weighted by Gasteiger charge is -2.47. The summed E-state index contributed by atoms with van der Waals surface area (Å²) in [6, 6.07) is 4.73. The SMILES string of the molecule is NCCCCc1ncccc1S(=O)(=O)N1[C@@H]2CCC[C@H]1CC(NC(=O)c1cc(C3CC3)on1)C2. The fourth-order valence-corrected chi connectivity index (χ4v) is 7.56. The third kappa shape index (κ3) is 4.76. The van der Waals surface area contributed by atoms with Gasteiger partial charge in [0.05, 0.1) is 5.69 Å². The van der Waals surface area contributed by atoms with Gasteiger partial charge in [-0.15, -0.1) is 0 Å². The molecule has 2 aromatic heterocycles. The van der Waals surface area contributed by atoms with Crippen molar-refractivity contribution in [3.8, 4) is 0 Å². The molecule has 0 radical (unpaired) electrons. The summed E-state index contributed by atoms with van der Waals surface area (Å²) in [6.07, 6.45) is 9.81. The molecular weight excluding hydrogens is 454 g/mol. The second-order valence-electron chi connectivity index (χ2n) is 9.80. The van der Waals surface area contributed by atoms with Crippen molar-refractivity contribution >= 4 is 15.9 Å². The lowest BCUT2D eigenvalue weighted by atomic mass is 9.84. The van der Waals surface area contributed by atoms with Crippen LogP contribution in [0.5, 0.6) is 0 Å². The smallest absolute Gasteiger partial charge is 0.273 e. The van der Waals surface area contributed by atoms with E-state index >= 15 is 0 Å². The maximum Gasteiger partial charge on any atom is 0.273 e. The van der Waals surface area contributed by atoms with Gasteiger partial charge in [0.1, 0.15) is 10.7 Å². The summed E-state index contributed by atoms with van der Waals surface area (Å²) in [4.78, 5) is 17.5. The summed E-state index contributed by atoms with van der Waals surface area (Å²) in [5, 5.41) is 7.03. The number of hydrogen-bond donors (Lipinski definition) is 2. The number of carbonyl (C=O) groups excluding carboxylic acids is 1. The molecule has 3 fully saturated rings. The van der Waals surface area contributed by atoms with Crippen molar-refractivity contribution in [3.05, 3.63) is 41.5 Å². The maximum atomic E-state index is 13.8. The minimum absolute atomic E-state index is 0.0896. The van der Waals surface area contributed by atoms with Gasteiger partial charge in [0.15, 0.2) is 5.69 Å². The number of nitrogens with zero attached hydrogens (tertiary/aromatic N) is 3. The number of unbranched alkanes of at least 4 members (excludes halogenated alkanes) is 1. The van der Waals surface area contributed by atoms with E-state index in [4.69, 9.17) is 10.3 Å². The van der Waals surface area contributed by atoms with Crippen LogP contribution in [0.1, 0.15) is 85.6 Å². The molecule has 1 amide bonds. The van der Waals surface area contributed by atoms with Crippen LogP contribution >= 0.6 is 0 Å². The fraction of sp³-hybridized carbons (Fsp3) is 0.625. The molecule has 184 valence electrons. The van der Waals surface area contributed by atoms with Crippen LogP contribution in [0.3, 0.4) is 0 Å². The van der Waals surface area contributed by atoms with Crippen molar-refractivity contribution in [1.82, 2.24) is 19.8 Å². The zero-order valence-corrected chi connectivity index (χ0v) is 20.2. The maximum absolute atomic E-state index is 13.8. The lowest BCUT2D eigenvalue weighted by Crippen LogP contribution is -2.58. The minimum Gasteiger partial charge on any atom is -0.360 e. The van der Waals surface area contributed by atoms with E-state index in [1.54, 1.807) is 28.7 Å². The van der Waals surface area contributed by atoms with Gasteiger partial charge in [-0.05, 0) is 76.5 Å². The molecule has 2 bridgehead atoms. The molecule has 1 saturated carbocycles. The Bertz CT molecular complexity index is 1120. The molecule has 1 unspecified atom stereocenters. The Hall–Kier alpha value is -2.30. The highest BCUT2D eigenvalue weighted by molar-refractivity contribution is 7.89. The number of nitrogens with one attached hydrogen (secondary N) is 1. The highest BCUT2D eigenvalue weighted by atomic mass is 32.2. The molecule has 1 aliphatic carbocycles. The van der Waals surface area contributed by atoms with Crippen LogP contribution in [0.15, 0.2) is 33.8 Å². The molecular formula is C24H33N5O4S. The largest absolute Gasteiger partial charge is 0.360 e. The summed E-state index contributed by atoms with van der Waals surface area (Å²) in [7, 11) is -3.69. The van der Waals surface area contributed by atoms with Gasteiger partial charge >= 0.3 is 0 Å². The van der Waals surface area contributed by atoms with Gasteiger partial charge in [0.25, 0.3) is 5.91 Å². The number of nitrogens with two attached hydrogens (primary N) is 1. The van der Waals surface area contributed by atoms with E-state index < -0.39 is 10.0 Å². The van der Waals surface area contributed by atoms with Gasteiger partial charge < -0.3 is 15.6 Å².